The monoisotopic (exact) mass is 331 g/mol. The van der Waals surface area contributed by atoms with Crippen molar-refractivity contribution in [1.82, 2.24) is 10.2 Å². The molecule has 1 fully saturated rings. The molecular formula is C17H21N3O4. The second kappa shape index (κ2) is 6.51. The summed E-state index contributed by atoms with van der Waals surface area (Å²) >= 11 is 0. The SMILES string of the molecule is CC(C)[C@H]1NC(=O)N(CCOc2ccc3c(c2)CCC(=O)N3)C1=O. The number of carbonyl (C=O) groups is 3. The van der Waals surface area contributed by atoms with Crippen molar-refractivity contribution in [3.05, 3.63) is 23.8 Å². The van der Waals surface area contributed by atoms with Crippen LogP contribution in [0.1, 0.15) is 25.8 Å². The maximum Gasteiger partial charge on any atom is 0.324 e. The number of benzene rings is 1. The van der Waals surface area contributed by atoms with Crippen LogP contribution in [0.4, 0.5) is 10.5 Å². The normalized spacial score (nSPS) is 20.0. The summed E-state index contributed by atoms with van der Waals surface area (Å²) in [5.41, 5.74) is 1.84. The van der Waals surface area contributed by atoms with Gasteiger partial charge in [-0.1, -0.05) is 13.8 Å². The number of imide groups is 1. The van der Waals surface area contributed by atoms with E-state index in [1.807, 2.05) is 26.0 Å². The summed E-state index contributed by atoms with van der Waals surface area (Å²) in [6.07, 6.45) is 1.15. The van der Waals surface area contributed by atoms with Gasteiger partial charge in [0.05, 0.1) is 6.54 Å². The molecule has 0 aromatic heterocycles. The summed E-state index contributed by atoms with van der Waals surface area (Å²) in [4.78, 5) is 36.6. The third-order valence-electron chi connectivity index (χ3n) is 4.28. The van der Waals surface area contributed by atoms with Crippen LogP contribution in [0.25, 0.3) is 0 Å². The van der Waals surface area contributed by atoms with Gasteiger partial charge in [0, 0.05) is 12.1 Å². The number of ether oxygens (including phenoxy) is 1. The van der Waals surface area contributed by atoms with Gasteiger partial charge in [-0.15, -0.1) is 0 Å². The standard InChI is InChI=1S/C17H21N3O4/c1-10(2)15-16(22)20(17(23)19-15)7-8-24-12-4-5-13-11(9-12)3-6-14(21)18-13/h4-5,9-10,15H,3,6-8H2,1-2H3,(H,18,21)(H,19,23)/t15-/m1/s1. The molecule has 1 atom stereocenters. The second-order valence-electron chi connectivity index (χ2n) is 6.38. The van der Waals surface area contributed by atoms with Gasteiger partial charge >= 0.3 is 6.03 Å². The van der Waals surface area contributed by atoms with Crippen molar-refractivity contribution < 1.29 is 19.1 Å². The highest BCUT2D eigenvalue weighted by molar-refractivity contribution is 6.04. The van der Waals surface area contributed by atoms with Crippen LogP contribution in [0.2, 0.25) is 0 Å². The fourth-order valence-corrected chi connectivity index (χ4v) is 2.91. The van der Waals surface area contributed by atoms with Crippen molar-refractivity contribution in [2.24, 2.45) is 5.92 Å². The Morgan fingerprint density at radius 3 is 2.75 bits per heavy atom. The van der Waals surface area contributed by atoms with Crippen LogP contribution < -0.4 is 15.4 Å². The van der Waals surface area contributed by atoms with Crippen LogP contribution >= 0.6 is 0 Å². The molecule has 1 saturated heterocycles. The number of amides is 4. The summed E-state index contributed by atoms with van der Waals surface area (Å²) in [6, 6.07) is 4.65. The van der Waals surface area contributed by atoms with Crippen molar-refractivity contribution in [2.45, 2.75) is 32.7 Å². The Balaban J connectivity index is 1.56. The van der Waals surface area contributed by atoms with E-state index >= 15 is 0 Å². The molecule has 3 rings (SSSR count). The molecule has 7 heteroatoms. The predicted molar refractivity (Wildman–Crippen MR) is 87.8 cm³/mol. The van der Waals surface area contributed by atoms with E-state index in [4.69, 9.17) is 4.74 Å². The molecule has 0 bridgehead atoms. The average Bonchev–Trinajstić information content (AvgIpc) is 2.83. The number of anilines is 1. The maximum atomic E-state index is 12.2. The van der Waals surface area contributed by atoms with E-state index < -0.39 is 6.04 Å². The molecule has 2 N–H and O–H groups in total. The van der Waals surface area contributed by atoms with E-state index in [2.05, 4.69) is 10.6 Å². The van der Waals surface area contributed by atoms with Gasteiger partial charge < -0.3 is 15.4 Å². The topological polar surface area (TPSA) is 87.7 Å². The number of carbonyl (C=O) groups excluding carboxylic acids is 3. The van der Waals surface area contributed by atoms with E-state index in [0.717, 1.165) is 11.3 Å². The first-order valence-corrected chi connectivity index (χ1v) is 8.13. The number of rotatable bonds is 5. The Bertz CT molecular complexity index is 686. The molecule has 7 nitrogen and oxygen atoms in total. The van der Waals surface area contributed by atoms with Crippen LogP contribution in [0.3, 0.4) is 0 Å². The van der Waals surface area contributed by atoms with Crippen LogP contribution in [0.15, 0.2) is 18.2 Å². The van der Waals surface area contributed by atoms with Crippen molar-refractivity contribution in [3.8, 4) is 5.75 Å². The summed E-state index contributed by atoms with van der Waals surface area (Å²) in [6.45, 7) is 4.24. The Morgan fingerprint density at radius 1 is 1.25 bits per heavy atom. The molecule has 128 valence electrons. The number of nitrogens with one attached hydrogen (secondary N) is 2. The molecular weight excluding hydrogens is 310 g/mol. The molecule has 0 spiro atoms. The molecule has 24 heavy (non-hydrogen) atoms. The smallest absolute Gasteiger partial charge is 0.324 e. The van der Waals surface area contributed by atoms with E-state index in [9.17, 15) is 14.4 Å². The van der Waals surface area contributed by atoms with E-state index in [-0.39, 0.29) is 36.9 Å². The number of fused-ring (bicyclic) bond motifs is 1. The minimum atomic E-state index is -0.454. The lowest BCUT2D eigenvalue weighted by molar-refractivity contribution is -0.128. The minimum Gasteiger partial charge on any atom is -0.492 e. The molecule has 2 aliphatic rings. The highest BCUT2D eigenvalue weighted by atomic mass is 16.5. The van der Waals surface area contributed by atoms with Gasteiger partial charge in [0.25, 0.3) is 5.91 Å². The molecule has 1 aromatic carbocycles. The maximum absolute atomic E-state index is 12.2. The van der Waals surface area contributed by atoms with E-state index in [0.29, 0.717) is 18.6 Å². The largest absolute Gasteiger partial charge is 0.492 e. The first-order valence-electron chi connectivity index (χ1n) is 8.13. The molecule has 0 radical (unpaired) electrons. The quantitative estimate of drug-likeness (QED) is 0.801. The number of aryl methyl sites for hydroxylation is 1. The zero-order chi connectivity index (χ0) is 17.3. The third kappa shape index (κ3) is 3.20. The highest BCUT2D eigenvalue weighted by Gasteiger charge is 2.39. The van der Waals surface area contributed by atoms with Gasteiger partial charge in [-0.05, 0) is 36.1 Å². The van der Waals surface area contributed by atoms with Crippen LogP contribution in [-0.2, 0) is 16.0 Å². The zero-order valence-electron chi connectivity index (χ0n) is 13.8. The molecule has 0 aliphatic carbocycles. The lowest BCUT2D eigenvalue weighted by Gasteiger charge is -2.18. The van der Waals surface area contributed by atoms with Gasteiger partial charge in [0.2, 0.25) is 5.91 Å². The Hall–Kier alpha value is -2.57. The Morgan fingerprint density at radius 2 is 2.04 bits per heavy atom. The Labute approximate surface area is 140 Å². The Kier molecular flexibility index (Phi) is 4.42. The summed E-state index contributed by atoms with van der Waals surface area (Å²) in [5, 5.41) is 5.50. The molecule has 2 aliphatic heterocycles. The van der Waals surface area contributed by atoms with Gasteiger partial charge in [-0.2, -0.15) is 0 Å². The van der Waals surface area contributed by atoms with Crippen LogP contribution in [0, 0.1) is 5.92 Å². The lowest BCUT2D eigenvalue weighted by Crippen LogP contribution is -2.36. The highest BCUT2D eigenvalue weighted by Crippen LogP contribution is 2.26. The van der Waals surface area contributed by atoms with Gasteiger partial charge in [-0.25, -0.2) is 4.79 Å². The predicted octanol–water partition coefficient (Wildman–Crippen LogP) is 1.53. The van der Waals surface area contributed by atoms with Crippen molar-refractivity contribution in [2.75, 3.05) is 18.5 Å². The molecule has 0 unspecified atom stereocenters. The van der Waals surface area contributed by atoms with Crippen LogP contribution in [-0.4, -0.2) is 41.9 Å². The van der Waals surface area contributed by atoms with Gasteiger partial charge in [0.15, 0.2) is 0 Å². The van der Waals surface area contributed by atoms with E-state index in [1.165, 1.54) is 4.90 Å². The average molecular weight is 331 g/mol. The molecule has 4 amide bonds. The molecule has 1 aromatic rings. The zero-order valence-corrected chi connectivity index (χ0v) is 13.8. The van der Waals surface area contributed by atoms with Gasteiger partial charge in [-0.3, -0.25) is 14.5 Å². The van der Waals surface area contributed by atoms with Crippen molar-refractivity contribution in [3.63, 3.8) is 0 Å². The summed E-state index contributed by atoms with van der Waals surface area (Å²) in [7, 11) is 0. The molecule has 2 heterocycles. The van der Waals surface area contributed by atoms with Crippen LogP contribution in [0.5, 0.6) is 5.75 Å². The van der Waals surface area contributed by atoms with E-state index in [1.54, 1.807) is 6.07 Å². The fourth-order valence-electron chi connectivity index (χ4n) is 2.91. The van der Waals surface area contributed by atoms with Crippen molar-refractivity contribution >= 4 is 23.5 Å². The number of hydrogen-bond donors (Lipinski definition) is 2. The minimum absolute atomic E-state index is 0.0226. The number of hydrogen-bond acceptors (Lipinski definition) is 4. The number of urea groups is 1. The second-order valence-corrected chi connectivity index (χ2v) is 6.38. The lowest BCUT2D eigenvalue weighted by atomic mass is 10.0. The molecule has 0 saturated carbocycles. The summed E-state index contributed by atoms with van der Waals surface area (Å²) in [5.74, 6) is 0.543. The fraction of sp³-hybridized carbons (Fsp3) is 0.471. The summed E-state index contributed by atoms with van der Waals surface area (Å²) < 4.78 is 5.67. The third-order valence-corrected chi connectivity index (χ3v) is 4.28. The first kappa shape index (κ1) is 16.3. The first-order chi connectivity index (χ1) is 11.5. The van der Waals surface area contributed by atoms with Crippen molar-refractivity contribution in [1.29, 1.82) is 0 Å². The van der Waals surface area contributed by atoms with Gasteiger partial charge in [0.1, 0.15) is 18.4 Å². The number of nitrogens with zero attached hydrogens (tertiary/aromatic N) is 1.